The summed E-state index contributed by atoms with van der Waals surface area (Å²) >= 11 is 0. The second kappa shape index (κ2) is 11.0. The lowest BCUT2D eigenvalue weighted by Crippen LogP contribution is -2.13. The summed E-state index contributed by atoms with van der Waals surface area (Å²) in [5.74, 6) is 1.75. The monoisotopic (exact) mass is 478 g/mol. The number of hydrogen-bond donors (Lipinski definition) is 0. The lowest BCUT2D eigenvalue weighted by atomic mass is 9.74. The van der Waals surface area contributed by atoms with Crippen LogP contribution in [-0.4, -0.2) is 0 Å². The Labute approximate surface area is 220 Å². The highest BCUT2D eigenvalue weighted by Crippen LogP contribution is 2.43. The fraction of sp³-hybridized carbons (Fsp3) is 0.500. The van der Waals surface area contributed by atoms with E-state index >= 15 is 0 Å². The Balaban J connectivity index is 1.67. The lowest BCUT2D eigenvalue weighted by molar-refractivity contribution is 0.442. The van der Waals surface area contributed by atoms with E-state index in [1.54, 1.807) is 11.1 Å². The van der Waals surface area contributed by atoms with Crippen LogP contribution in [0.1, 0.15) is 138 Å². The predicted octanol–water partition coefficient (Wildman–Crippen LogP) is 10.5. The van der Waals surface area contributed by atoms with Crippen molar-refractivity contribution < 1.29 is 0 Å². The van der Waals surface area contributed by atoms with Gasteiger partial charge in [-0.1, -0.05) is 92.6 Å². The molecule has 5 rings (SSSR count). The molecule has 0 N–H and O–H groups in total. The van der Waals surface area contributed by atoms with Gasteiger partial charge in [-0.3, -0.25) is 0 Å². The van der Waals surface area contributed by atoms with Crippen LogP contribution in [0.4, 0.5) is 0 Å². The van der Waals surface area contributed by atoms with Crippen LogP contribution in [-0.2, 0) is 0 Å². The molecule has 0 heterocycles. The van der Waals surface area contributed by atoms with Gasteiger partial charge in [-0.2, -0.15) is 0 Å². The van der Waals surface area contributed by atoms with Gasteiger partial charge in [0.1, 0.15) is 0 Å². The second-order valence-electron chi connectivity index (χ2n) is 12.1. The molecule has 0 bridgehead atoms. The fourth-order valence-electron chi connectivity index (χ4n) is 7.39. The van der Waals surface area contributed by atoms with Crippen LogP contribution in [0.5, 0.6) is 0 Å². The molecule has 0 radical (unpaired) electrons. The maximum atomic E-state index is 2.63. The van der Waals surface area contributed by atoms with E-state index in [1.807, 2.05) is 0 Å². The standard InChI is InChI=1S/C36H46/c1-24-16-18-31(19-17-24)36(34-22-32(25(2)20-27(34)4)29-12-8-6-9-13-29)35-23-33(26(3)21-28(35)5)30-14-10-7-11-15-30/h16-23,29-30,36H,6-15H2,1-5H3. The quantitative estimate of drug-likeness (QED) is 0.320. The van der Waals surface area contributed by atoms with Crippen LogP contribution in [0.3, 0.4) is 0 Å². The van der Waals surface area contributed by atoms with E-state index in [4.69, 9.17) is 0 Å². The lowest BCUT2D eigenvalue weighted by Gasteiger charge is -2.30. The molecular formula is C36H46. The van der Waals surface area contributed by atoms with E-state index in [0.717, 1.165) is 11.8 Å². The first-order valence-corrected chi connectivity index (χ1v) is 14.7. The molecule has 0 heteroatoms. The smallest absolute Gasteiger partial charge is 0.0345 e. The average molecular weight is 479 g/mol. The van der Waals surface area contributed by atoms with E-state index in [9.17, 15) is 0 Å². The van der Waals surface area contributed by atoms with Gasteiger partial charge in [0.15, 0.2) is 0 Å². The molecule has 0 saturated heterocycles. The first-order chi connectivity index (χ1) is 17.4. The summed E-state index contributed by atoms with van der Waals surface area (Å²) in [4.78, 5) is 0. The highest BCUT2D eigenvalue weighted by atomic mass is 14.3. The third-order valence-electron chi connectivity index (χ3n) is 9.43. The Kier molecular flexibility index (Phi) is 7.71. The van der Waals surface area contributed by atoms with E-state index in [1.165, 1.54) is 109 Å². The van der Waals surface area contributed by atoms with Gasteiger partial charge in [-0.15, -0.1) is 0 Å². The van der Waals surface area contributed by atoms with Crippen LogP contribution in [0.2, 0.25) is 0 Å². The SMILES string of the molecule is Cc1ccc(C(c2cc(C3CCCCC3)c(C)cc2C)c2cc(C3CCCCC3)c(C)cc2C)cc1. The fourth-order valence-corrected chi connectivity index (χ4v) is 7.39. The summed E-state index contributed by atoms with van der Waals surface area (Å²) in [6.07, 6.45) is 13.8. The Hall–Kier alpha value is -2.34. The van der Waals surface area contributed by atoms with Gasteiger partial charge in [0.05, 0.1) is 0 Å². The molecule has 3 aromatic carbocycles. The minimum atomic E-state index is 0.288. The zero-order chi connectivity index (χ0) is 25.2. The van der Waals surface area contributed by atoms with E-state index < -0.39 is 0 Å². The van der Waals surface area contributed by atoms with Crippen LogP contribution in [0.15, 0.2) is 48.5 Å². The maximum Gasteiger partial charge on any atom is 0.0345 e. The molecule has 2 fully saturated rings. The van der Waals surface area contributed by atoms with E-state index in [-0.39, 0.29) is 5.92 Å². The van der Waals surface area contributed by atoms with Crippen molar-refractivity contribution in [1.82, 2.24) is 0 Å². The van der Waals surface area contributed by atoms with Gasteiger partial charge >= 0.3 is 0 Å². The third kappa shape index (κ3) is 5.20. The molecule has 2 aliphatic rings. The average Bonchev–Trinajstić information content (AvgIpc) is 2.88. The van der Waals surface area contributed by atoms with Crippen molar-refractivity contribution in [2.24, 2.45) is 0 Å². The normalized spacial score (nSPS) is 17.6. The van der Waals surface area contributed by atoms with E-state index in [0.29, 0.717) is 0 Å². The third-order valence-corrected chi connectivity index (χ3v) is 9.43. The summed E-state index contributed by atoms with van der Waals surface area (Å²) in [6.45, 7) is 11.6. The minimum absolute atomic E-state index is 0.288. The van der Waals surface area contributed by atoms with Gasteiger partial charge < -0.3 is 0 Å². The molecule has 2 aliphatic carbocycles. The molecule has 0 unspecified atom stereocenters. The minimum Gasteiger partial charge on any atom is -0.0590 e. The van der Waals surface area contributed by atoms with Crippen molar-refractivity contribution in [3.8, 4) is 0 Å². The van der Waals surface area contributed by atoms with Crippen molar-refractivity contribution in [3.05, 3.63) is 104 Å². The molecule has 0 nitrogen and oxygen atoms in total. The van der Waals surface area contributed by atoms with Crippen LogP contribution < -0.4 is 0 Å². The largest absolute Gasteiger partial charge is 0.0590 e. The summed E-state index contributed by atoms with van der Waals surface area (Å²) < 4.78 is 0. The maximum absolute atomic E-state index is 2.63. The Morgan fingerprint density at radius 2 is 0.917 bits per heavy atom. The second-order valence-corrected chi connectivity index (χ2v) is 12.1. The number of benzene rings is 3. The van der Waals surface area contributed by atoms with Gasteiger partial charge in [0, 0.05) is 5.92 Å². The topological polar surface area (TPSA) is 0 Å². The van der Waals surface area contributed by atoms with Crippen molar-refractivity contribution >= 4 is 0 Å². The summed E-state index contributed by atoms with van der Waals surface area (Å²) in [7, 11) is 0. The summed E-state index contributed by atoms with van der Waals surface area (Å²) in [5.41, 5.74) is 14.9. The molecule has 190 valence electrons. The van der Waals surface area contributed by atoms with Crippen molar-refractivity contribution in [3.63, 3.8) is 0 Å². The summed E-state index contributed by atoms with van der Waals surface area (Å²) in [6, 6.07) is 19.6. The number of aryl methyl sites for hydroxylation is 5. The van der Waals surface area contributed by atoms with Crippen LogP contribution in [0.25, 0.3) is 0 Å². The van der Waals surface area contributed by atoms with Gasteiger partial charge in [0.2, 0.25) is 0 Å². The summed E-state index contributed by atoms with van der Waals surface area (Å²) in [5, 5.41) is 0. The predicted molar refractivity (Wildman–Crippen MR) is 156 cm³/mol. The molecular weight excluding hydrogens is 432 g/mol. The van der Waals surface area contributed by atoms with Gasteiger partial charge in [-0.05, 0) is 122 Å². The Morgan fingerprint density at radius 1 is 0.500 bits per heavy atom. The number of rotatable bonds is 5. The van der Waals surface area contributed by atoms with Crippen molar-refractivity contribution in [2.75, 3.05) is 0 Å². The molecule has 0 amide bonds. The first kappa shape index (κ1) is 25.3. The molecule has 0 atom stereocenters. The number of hydrogen-bond acceptors (Lipinski definition) is 0. The first-order valence-electron chi connectivity index (χ1n) is 14.7. The molecule has 3 aromatic rings. The Bertz CT molecular complexity index is 1110. The van der Waals surface area contributed by atoms with Crippen LogP contribution >= 0.6 is 0 Å². The molecule has 0 aromatic heterocycles. The van der Waals surface area contributed by atoms with Crippen molar-refractivity contribution in [1.29, 1.82) is 0 Å². The van der Waals surface area contributed by atoms with Gasteiger partial charge in [-0.25, -0.2) is 0 Å². The molecule has 0 spiro atoms. The van der Waals surface area contributed by atoms with E-state index in [2.05, 4.69) is 83.1 Å². The zero-order valence-electron chi connectivity index (χ0n) is 23.4. The molecule has 2 saturated carbocycles. The highest BCUT2D eigenvalue weighted by Gasteiger charge is 2.26. The zero-order valence-corrected chi connectivity index (χ0v) is 23.4. The highest BCUT2D eigenvalue weighted by molar-refractivity contribution is 5.54. The van der Waals surface area contributed by atoms with Gasteiger partial charge in [0.25, 0.3) is 0 Å². The van der Waals surface area contributed by atoms with Crippen LogP contribution in [0, 0.1) is 34.6 Å². The van der Waals surface area contributed by atoms with Crippen molar-refractivity contribution in [2.45, 2.75) is 117 Å². The Morgan fingerprint density at radius 3 is 1.33 bits per heavy atom. The molecule has 0 aliphatic heterocycles. The molecule has 36 heavy (non-hydrogen) atoms.